The van der Waals surface area contributed by atoms with Crippen molar-refractivity contribution in [1.29, 1.82) is 0 Å². The standard InChI is InChI=1S/C14H13F3N4O2S/c1-7(2)11-20-21-13(24-11)19-10(22)8-3-5-9(6-4-8)18-12(23)14(15,16)17/h3-7H,1-2H3,(H,18,23)(H,19,21,22). The Hall–Kier alpha value is -2.49. The number of nitrogens with zero attached hydrogens (tertiary/aromatic N) is 2. The molecule has 0 bridgehead atoms. The van der Waals surface area contributed by atoms with Crippen molar-refractivity contribution in [3.63, 3.8) is 0 Å². The van der Waals surface area contributed by atoms with Gasteiger partial charge in [0.05, 0.1) is 0 Å². The van der Waals surface area contributed by atoms with Gasteiger partial charge in [0.2, 0.25) is 5.13 Å². The molecule has 0 aliphatic carbocycles. The van der Waals surface area contributed by atoms with Crippen LogP contribution in [0.1, 0.15) is 35.1 Å². The summed E-state index contributed by atoms with van der Waals surface area (Å²) in [7, 11) is 0. The fraction of sp³-hybridized carbons (Fsp3) is 0.286. The van der Waals surface area contributed by atoms with E-state index in [1.165, 1.54) is 35.6 Å². The minimum atomic E-state index is -4.97. The Balaban J connectivity index is 2.01. The van der Waals surface area contributed by atoms with E-state index in [4.69, 9.17) is 0 Å². The van der Waals surface area contributed by atoms with Crippen molar-refractivity contribution < 1.29 is 22.8 Å². The van der Waals surface area contributed by atoms with Crippen LogP contribution >= 0.6 is 11.3 Å². The number of alkyl halides is 3. The normalized spacial score (nSPS) is 11.4. The van der Waals surface area contributed by atoms with Crippen LogP contribution in [0.2, 0.25) is 0 Å². The number of aromatic nitrogens is 2. The summed E-state index contributed by atoms with van der Waals surface area (Å²) < 4.78 is 36.5. The van der Waals surface area contributed by atoms with E-state index in [9.17, 15) is 22.8 Å². The highest BCUT2D eigenvalue weighted by Gasteiger charge is 2.38. The molecule has 0 unspecified atom stereocenters. The minimum Gasteiger partial charge on any atom is -0.318 e. The molecule has 24 heavy (non-hydrogen) atoms. The largest absolute Gasteiger partial charge is 0.471 e. The number of carbonyl (C=O) groups is 2. The van der Waals surface area contributed by atoms with Gasteiger partial charge >= 0.3 is 12.1 Å². The van der Waals surface area contributed by atoms with Crippen LogP contribution in [-0.2, 0) is 4.79 Å². The summed E-state index contributed by atoms with van der Waals surface area (Å²) >= 11 is 1.24. The molecular formula is C14H13F3N4O2S. The molecule has 0 aliphatic rings. The van der Waals surface area contributed by atoms with E-state index in [1.54, 1.807) is 5.32 Å². The highest BCUT2D eigenvalue weighted by Crippen LogP contribution is 2.23. The van der Waals surface area contributed by atoms with Crippen LogP contribution in [-0.4, -0.2) is 28.2 Å². The third kappa shape index (κ3) is 4.51. The average Bonchev–Trinajstić information content (AvgIpc) is 2.95. The van der Waals surface area contributed by atoms with Crippen LogP contribution in [0.5, 0.6) is 0 Å². The smallest absolute Gasteiger partial charge is 0.318 e. The van der Waals surface area contributed by atoms with Gasteiger partial charge in [0.25, 0.3) is 5.91 Å². The summed E-state index contributed by atoms with van der Waals surface area (Å²) in [4.78, 5) is 22.9. The zero-order valence-electron chi connectivity index (χ0n) is 12.6. The van der Waals surface area contributed by atoms with Crippen LogP contribution in [0.3, 0.4) is 0 Å². The van der Waals surface area contributed by atoms with Gasteiger partial charge < -0.3 is 5.32 Å². The maximum Gasteiger partial charge on any atom is 0.471 e. The number of amides is 2. The number of hydrogen-bond donors (Lipinski definition) is 2. The van der Waals surface area contributed by atoms with E-state index in [0.717, 1.165) is 5.01 Å². The monoisotopic (exact) mass is 358 g/mol. The van der Waals surface area contributed by atoms with E-state index in [0.29, 0.717) is 5.13 Å². The molecule has 6 nitrogen and oxygen atoms in total. The summed E-state index contributed by atoms with van der Waals surface area (Å²) in [6, 6.07) is 5.01. The number of carbonyl (C=O) groups excluding carboxylic acids is 2. The Morgan fingerprint density at radius 2 is 1.71 bits per heavy atom. The molecule has 2 N–H and O–H groups in total. The first-order chi connectivity index (χ1) is 11.2. The van der Waals surface area contributed by atoms with Crippen molar-refractivity contribution >= 4 is 34.0 Å². The topological polar surface area (TPSA) is 84.0 Å². The Morgan fingerprint density at radius 1 is 1.08 bits per heavy atom. The van der Waals surface area contributed by atoms with Gasteiger partial charge in [0.15, 0.2) is 0 Å². The van der Waals surface area contributed by atoms with Crippen molar-refractivity contribution in [3.05, 3.63) is 34.8 Å². The predicted octanol–water partition coefficient (Wildman–Crippen LogP) is 3.41. The average molecular weight is 358 g/mol. The molecule has 0 radical (unpaired) electrons. The number of rotatable bonds is 4. The van der Waals surface area contributed by atoms with Gasteiger partial charge in [-0.25, -0.2) is 0 Å². The molecule has 0 spiro atoms. The number of benzene rings is 1. The second-order valence-corrected chi connectivity index (χ2v) is 6.09. The van der Waals surface area contributed by atoms with Gasteiger partial charge in [0, 0.05) is 17.2 Å². The van der Waals surface area contributed by atoms with Crippen LogP contribution in [0.25, 0.3) is 0 Å². The first kappa shape index (κ1) is 17.9. The van der Waals surface area contributed by atoms with Gasteiger partial charge in [-0.1, -0.05) is 25.2 Å². The van der Waals surface area contributed by atoms with Crippen molar-refractivity contribution in [2.75, 3.05) is 10.6 Å². The van der Waals surface area contributed by atoms with E-state index < -0.39 is 18.0 Å². The molecule has 1 heterocycles. The number of nitrogens with one attached hydrogen (secondary N) is 2. The molecule has 1 aromatic carbocycles. The summed E-state index contributed by atoms with van der Waals surface area (Å²) in [5.74, 6) is -2.37. The van der Waals surface area contributed by atoms with Gasteiger partial charge in [-0.3, -0.25) is 14.9 Å². The lowest BCUT2D eigenvalue weighted by Crippen LogP contribution is -2.29. The summed E-state index contributed by atoms with van der Waals surface area (Å²) in [6.45, 7) is 3.89. The second kappa shape index (κ2) is 6.95. The van der Waals surface area contributed by atoms with Crippen LogP contribution in [0.15, 0.2) is 24.3 Å². The second-order valence-electron chi connectivity index (χ2n) is 5.08. The van der Waals surface area contributed by atoms with E-state index in [2.05, 4.69) is 15.5 Å². The first-order valence-corrected chi connectivity index (χ1v) is 7.61. The summed E-state index contributed by atoms with van der Waals surface area (Å²) in [6.07, 6.45) is -4.97. The van der Waals surface area contributed by atoms with Crippen LogP contribution in [0.4, 0.5) is 24.0 Å². The number of hydrogen-bond acceptors (Lipinski definition) is 5. The molecule has 2 amide bonds. The minimum absolute atomic E-state index is 0.0631. The molecule has 0 fully saturated rings. The third-order valence-corrected chi connectivity index (χ3v) is 3.96. The van der Waals surface area contributed by atoms with Gasteiger partial charge in [-0.15, -0.1) is 10.2 Å². The SMILES string of the molecule is CC(C)c1nnc(NC(=O)c2ccc(NC(=O)C(F)(F)F)cc2)s1. The Bertz CT molecular complexity index is 741. The lowest BCUT2D eigenvalue weighted by molar-refractivity contribution is -0.167. The quantitative estimate of drug-likeness (QED) is 0.877. The number of anilines is 2. The predicted molar refractivity (Wildman–Crippen MR) is 83.1 cm³/mol. The van der Waals surface area contributed by atoms with E-state index in [-0.39, 0.29) is 17.2 Å². The molecule has 0 aliphatic heterocycles. The fourth-order valence-electron chi connectivity index (χ4n) is 1.59. The maximum atomic E-state index is 12.2. The number of halogens is 3. The van der Waals surface area contributed by atoms with Crippen molar-refractivity contribution in [1.82, 2.24) is 10.2 Å². The van der Waals surface area contributed by atoms with Gasteiger partial charge in [0.1, 0.15) is 5.01 Å². The summed E-state index contributed by atoms with van der Waals surface area (Å²) in [5.41, 5.74) is 0.146. The lowest BCUT2D eigenvalue weighted by Gasteiger charge is -2.08. The third-order valence-electron chi connectivity index (χ3n) is 2.82. The fourth-order valence-corrected chi connectivity index (χ4v) is 2.34. The van der Waals surface area contributed by atoms with Crippen LogP contribution in [0, 0.1) is 0 Å². The highest BCUT2D eigenvalue weighted by atomic mass is 32.1. The Labute approximate surface area is 139 Å². The molecule has 2 aromatic rings. The summed E-state index contributed by atoms with van der Waals surface area (Å²) in [5, 5.41) is 13.1. The molecule has 10 heteroatoms. The van der Waals surface area contributed by atoms with E-state index >= 15 is 0 Å². The van der Waals surface area contributed by atoms with Gasteiger partial charge in [-0.2, -0.15) is 13.2 Å². The Morgan fingerprint density at radius 3 is 2.21 bits per heavy atom. The van der Waals surface area contributed by atoms with Crippen LogP contribution < -0.4 is 10.6 Å². The molecule has 0 saturated carbocycles. The lowest BCUT2D eigenvalue weighted by atomic mass is 10.2. The first-order valence-electron chi connectivity index (χ1n) is 6.80. The Kier molecular flexibility index (Phi) is 5.17. The highest BCUT2D eigenvalue weighted by molar-refractivity contribution is 7.15. The van der Waals surface area contributed by atoms with Crippen molar-refractivity contribution in [2.45, 2.75) is 25.9 Å². The van der Waals surface area contributed by atoms with E-state index in [1.807, 2.05) is 13.8 Å². The van der Waals surface area contributed by atoms with Gasteiger partial charge in [-0.05, 0) is 24.3 Å². The molecule has 128 valence electrons. The van der Waals surface area contributed by atoms with Crippen molar-refractivity contribution in [3.8, 4) is 0 Å². The molecule has 2 rings (SSSR count). The zero-order chi connectivity index (χ0) is 17.9. The molecule has 0 saturated heterocycles. The maximum absolute atomic E-state index is 12.2. The molecular weight excluding hydrogens is 345 g/mol. The van der Waals surface area contributed by atoms with Crippen molar-refractivity contribution in [2.24, 2.45) is 0 Å². The molecule has 0 atom stereocenters. The molecule has 1 aromatic heterocycles. The zero-order valence-corrected chi connectivity index (χ0v) is 13.5.